The second kappa shape index (κ2) is 8.50. The van der Waals surface area contributed by atoms with E-state index in [1.54, 1.807) is 19.1 Å². The number of ether oxygens (including phenoxy) is 2. The third-order valence-corrected chi connectivity index (χ3v) is 8.38. The average Bonchev–Trinajstić information content (AvgIpc) is 3.46. The summed E-state index contributed by atoms with van der Waals surface area (Å²) in [6.07, 6.45) is 7.46. The summed E-state index contributed by atoms with van der Waals surface area (Å²) in [4.78, 5) is 40.8. The van der Waals surface area contributed by atoms with Crippen molar-refractivity contribution in [1.29, 1.82) is 0 Å². The third kappa shape index (κ3) is 3.74. The van der Waals surface area contributed by atoms with Crippen molar-refractivity contribution >= 4 is 17.1 Å². The Morgan fingerprint density at radius 2 is 1.94 bits per heavy atom. The number of hydrogen-bond acceptors (Lipinski definition) is 6. The first-order chi connectivity index (χ1) is 17.0. The van der Waals surface area contributed by atoms with Gasteiger partial charge in [-0.3, -0.25) is 9.78 Å². The van der Waals surface area contributed by atoms with Crippen molar-refractivity contribution in [3.63, 3.8) is 0 Å². The number of fused-ring (bicyclic) bond motifs is 1. The molecule has 2 aromatic heterocycles. The van der Waals surface area contributed by atoms with Crippen LogP contribution in [0.3, 0.4) is 0 Å². The molecule has 4 bridgehead atoms. The van der Waals surface area contributed by atoms with E-state index in [0.717, 1.165) is 29.6 Å². The molecule has 0 saturated heterocycles. The van der Waals surface area contributed by atoms with Gasteiger partial charge in [-0.05, 0) is 80.9 Å². The van der Waals surface area contributed by atoms with Gasteiger partial charge in [0, 0.05) is 5.41 Å². The minimum absolute atomic E-state index is 0.0834. The van der Waals surface area contributed by atoms with Crippen LogP contribution < -0.4 is 10.3 Å². The predicted octanol–water partition coefficient (Wildman–Crippen LogP) is 4.82. The van der Waals surface area contributed by atoms with Crippen LogP contribution in [0.25, 0.3) is 11.2 Å². The second-order valence-corrected chi connectivity index (χ2v) is 10.6. The Kier molecular flexibility index (Phi) is 5.42. The summed E-state index contributed by atoms with van der Waals surface area (Å²) in [6, 6.07) is 7.39. The zero-order valence-corrected chi connectivity index (χ0v) is 20.3. The van der Waals surface area contributed by atoms with Crippen LogP contribution in [0, 0.1) is 17.8 Å². The quantitative estimate of drug-likeness (QED) is 0.451. The van der Waals surface area contributed by atoms with Gasteiger partial charge < -0.3 is 14.5 Å². The van der Waals surface area contributed by atoms with Gasteiger partial charge in [0.2, 0.25) is 0 Å². The Labute approximate surface area is 203 Å². The highest BCUT2D eigenvalue weighted by molar-refractivity contribution is 5.89. The van der Waals surface area contributed by atoms with E-state index in [-0.39, 0.29) is 29.1 Å². The molecule has 8 nitrogen and oxygen atoms in total. The van der Waals surface area contributed by atoms with Crippen molar-refractivity contribution in [3.8, 4) is 6.01 Å². The number of aromatic amines is 2. The molecule has 0 radical (unpaired) electrons. The number of nitrogens with one attached hydrogen (secondary N) is 2. The van der Waals surface area contributed by atoms with Crippen molar-refractivity contribution in [1.82, 2.24) is 19.9 Å². The second-order valence-electron chi connectivity index (χ2n) is 10.6. The molecule has 2 heterocycles. The molecular formula is C27H32N4O4. The SMILES string of the molecule is CCCC(Oc1nc2nc(C34CC5CC(CC3C5)C4)[nH]c2c(=O)[nH]1)c1cccc(C(=O)OCC)c1. The van der Waals surface area contributed by atoms with E-state index in [1.165, 1.54) is 32.1 Å². The summed E-state index contributed by atoms with van der Waals surface area (Å²) in [5, 5.41) is 0. The number of aromatic nitrogens is 4. The lowest BCUT2D eigenvalue weighted by Gasteiger charge is -2.30. The number of nitrogens with zero attached hydrogens (tertiary/aromatic N) is 2. The molecule has 4 aliphatic rings. The molecule has 1 aromatic carbocycles. The van der Waals surface area contributed by atoms with E-state index in [9.17, 15) is 9.59 Å². The highest BCUT2D eigenvalue weighted by Crippen LogP contribution is 2.65. The smallest absolute Gasteiger partial charge is 0.338 e. The van der Waals surface area contributed by atoms with Crippen LogP contribution in [-0.2, 0) is 10.2 Å². The molecule has 0 aliphatic heterocycles. The van der Waals surface area contributed by atoms with Gasteiger partial charge in [-0.25, -0.2) is 9.78 Å². The summed E-state index contributed by atoms with van der Waals surface area (Å²) in [5.41, 5.74) is 1.95. The monoisotopic (exact) mass is 476 g/mol. The van der Waals surface area contributed by atoms with E-state index in [0.29, 0.717) is 35.7 Å². The fraction of sp³-hybridized carbons (Fsp3) is 0.556. The molecule has 0 amide bonds. The number of benzene rings is 1. The number of imidazole rings is 1. The van der Waals surface area contributed by atoms with E-state index < -0.39 is 0 Å². The Hall–Kier alpha value is -3.16. The predicted molar refractivity (Wildman–Crippen MR) is 130 cm³/mol. The van der Waals surface area contributed by atoms with Gasteiger partial charge in [0.1, 0.15) is 11.9 Å². The molecule has 7 rings (SSSR count). The summed E-state index contributed by atoms with van der Waals surface area (Å²) < 4.78 is 11.3. The van der Waals surface area contributed by atoms with Crippen LogP contribution in [0.1, 0.15) is 86.6 Å². The number of rotatable bonds is 8. The van der Waals surface area contributed by atoms with Crippen LogP contribution >= 0.6 is 0 Å². The van der Waals surface area contributed by atoms with Crippen LogP contribution in [0.2, 0.25) is 0 Å². The molecule has 4 saturated carbocycles. The van der Waals surface area contributed by atoms with Gasteiger partial charge in [-0.15, -0.1) is 0 Å². The number of carbonyl (C=O) groups is 1. The molecule has 3 aromatic rings. The number of hydrogen-bond donors (Lipinski definition) is 2. The highest BCUT2D eigenvalue weighted by Gasteiger charge is 2.59. The Morgan fingerprint density at radius 1 is 1.14 bits per heavy atom. The van der Waals surface area contributed by atoms with E-state index >= 15 is 0 Å². The van der Waals surface area contributed by atoms with Crippen molar-refractivity contribution in [3.05, 3.63) is 51.6 Å². The van der Waals surface area contributed by atoms with Crippen molar-refractivity contribution in [2.45, 2.75) is 70.3 Å². The lowest BCUT2D eigenvalue weighted by molar-refractivity contribution is 0.0526. The topological polar surface area (TPSA) is 110 Å². The van der Waals surface area contributed by atoms with Crippen LogP contribution in [0.4, 0.5) is 0 Å². The first kappa shape index (κ1) is 22.3. The maximum atomic E-state index is 13.0. The molecular weight excluding hydrogens is 444 g/mol. The standard InChI is InChI=1S/C27H32N4O4/c1-3-6-20(17-7-5-8-18(12-17)24(33)34-4-2)35-26-30-22-21(23(32)31-26)28-25(29-22)27-13-15-9-16(14-27)11-19(27)10-15/h5,7-8,12,15-16,19-20H,3-4,6,9-11,13-14H2,1-2H3,(H2,28,29,30,31,32). The number of esters is 1. The third-order valence-electron chi connectivity index (χ3n) is 8.38. The van der Waals surface area contributed by atoms with Crippen LogP contribution in [0.5, 0.6) is 6.01 Å². The van der Waals surface area contributed by atoms with Gasteiger partial charge in [0.25, 0.3) is 11.6 Å². The normalized spacial score (nSPS) is 27.4. The molecule has 8 heteroatoms. The molecule has 35 heavy (non-hydrogen) atoms. The first-order valence-electron chi connectivity index (χ1n) is 12.9. The lowest BCUT2D eigenvalue weighted by Crippen LogP contribution is -2.29. The minimum atomic E-state index is -0.367. The van der Waals surface area contributed by atoms with Gasteiger partial charge in [-0.2, -0.15) is 4.98 Å². The first-order valence-corrected chi connectivity index (χ1v) is 12.9. The fourth-order valence-corrected chi connectivity index (χ4v) is 7.13. The van der Waals surface area contributed by atoms with Gasteiger partial charge in [0.05, 0.1) is 12.2 Å². The Morgan fingerprint density at radius 3 is 2.69 bits per heavy atom. The lowest BCUT2D eigenvalue weighted by atomic mass is 9.75. The number of H-pyrrole nitrogens is 2. The molecule has 4 fully saturated rings. The molecule has 3 atom stereocenters. The summed E-state index contributed by atoms with van der Waals surface area (Å²) in [6.45, 7) is 4.16. The fourth-order valence-electron chi connectivity index (χ4n) is 7.13. The van der Waals surface area contributed by atoms with E-state index in [2.05, 4.69) is 21.9 Å². The zero-order chi connectivity index (χ0) is 24.2. The van der Waals surface area contributed by atoms with Gasteiger partial charge in [0.15, 0.2) is 11.2 Å². The van der Waals surface area contributed by atoms with Crippen LogP contribution in [0.15, 0.2) is 29.1 Å². The molecule has 184 valence electrons. The Bertz CT molecular complexity index is 1310. The summed E-state index contributed by atoms with van der Waals surface area (Å²) in [5.74, 6) is 2.83. The van der Waals surface area contributed by atoms with Crippen molar-refractivity contribution in [2.24, 2.45) is 17.8 Å². The average molecular weight is 477 g/mol. The van der Waals surface area contributed by atoms with Gasteiger partial charge >= 0.3 is 5.97 Å². The van der Waals surface area contributed by atoms with Gasteiger partial charge in [-0.1, -0.05) is 25.5 Å². The summed E-state index contributed by atoms with van der Waals surface area (Å²) in [7, 11) is 0. The van der Waals surface area contributed by atoms with E-state index in [4.69, 9.17) is 14.5 Å². The Balaban J connectivity index is 1.30. The maximum Gasteiger partial charge on any atom is 0.338 e. The molecule has 0 spiro atoms. The molecule has 3 unspecified atom stereocenters. The highest BCUT2D eigenvalue weighted by atomic mass is 16.5. The maximum absolute atomic E-state index is 13.0. The number of carbonyl (C=O) groups excluding carboxylic acids is 1. The van der Waals surface area contributed by atoms with Crippen molar-refractivity contribution in [2.75, 3.05) is 6.61 Å². The molecule has 4 aliphatic carbocycles. The minimum Gasteiger partial charge on any atom is -0.462 e. The van der Waals surface area contributed by atoms with E-state index in [1.807, 2.05) is 12.1 Å². The largest absolute Gasteiger partial charge is 0.462 e. The summed E-state index contributed by atoms with van der Waals surface area (Å²) >= 11 is 0. The zero-order valence-electron chi connectivity index (χ0n) is 20.3. The molecule has 2 N–H and O–H groups in total. The van der Waals surface area contributed by atoms with Crippen LogP contribution in [-0.4, -0.2) is 32.5 Å². The van der Waals surface area contributed by atoms with Crippen molar-refractivity contribution < 1.29 is 14.3 Å².